The number of carboxylic acid groups (broad SMARTS) is 1. The first kappa shape index (κ1) is 13.1. The van der Waals surface area contributed by atoms with Crippen LogP contribution >= 0.6 is 0 Å². The maximum Gasteiger partial charge on any atom is 0.413 e. The van der Waals surface area contributed by atoms with Crippen molar-refractivity contribution in [3.8, 4) is 0 Å². The fraction of sp³-hybridized carbons (Fsp3) is 0.727. The lowest BCUT2D eigenvalue weighted by Crippen LogP contribution is -2.40. The fourth-order valence-corrected chi connectivity index (χ4v) is 2.47. The lowest BCUT2D eigenvalue weighted by molar-refractivity contribution is -0.158. The van der Waals surface area contributed by atoms with E-state index in [1.165, 1.54) is 6.92 Å². The number of hydrogen-bond acceptors (Lipinski definition) is 1. The third-order valence-corrected chi connectivity index (χ3v) is 3.23. The van der Waals surface area contributed by atoms with Gasteiger partial charge in [0.2, 0.25) is 0 Å². The van der Waals surface area contributed by atoms with Gasteiger partial charge in [-0.25, -0.2) is 0 Å². The highest BCUT2D eigenvalue weighted by Crippen LogP contribution is 2.48. The quantitative estimate of drug-likeness (QED) is 0.745. The van der Waals surface area contributed by atoms with Gasteiger partial charge in [0.15, 0.2) is 0 Å². The molecule has 1 rings (SSSR count). The van der Waals surface area contributed by atoms with E-state index in [0.717, 1.165) is 12.5 Å². The van der Waals surface area contributed by atoms with Gasteiger partial charge >= 0.3 is 12.1 Å². The van der Waals surface area contributed by atoms with Crippen molar-refractivity contribution in [2.24, 2.45) is 5.41 Å². The number of hydrogen-bond donors (Lipinski definition) is 1. The molecule has 1 aliphatic carbocycles. The highest BCUT2D eigenvalue weighted by atomic mass is 19.4. The van der Waals surface area contributed by atoms with Gasteiger partial charge in [-0.3, -0.25) is 4.79 Å². The summed E-state index contributed by atoms with van der Waals surface area (Å²) in [6, 6.07) is 0. The molecular weight excluding hydrogens is 221 g/mol. The molecule has 92 valence electrons. The molecule has 2 nitrogen and oxygen atoms in total. The first-order valence-electron chi connectivity index (χ1n) is 5.32. The Labute approximate surface area is 92.1 Å². The highest BCUT2D eigenvalue weighted by Gasteiger charge is 2.52. The maximum atomic E-state index is 12.8. The van der Waals surface area contributed by atoms with Crippen LogP contribution in [0.5, 0.6) is 0 Å². The molecular formula is C11H15F3O2. The first-order chi connectivity index (χ1) is 7.34. The summed E-state index contributed by atoms with van der Waals surface area (Å²) >= 11 is 0. The van der Waals surface area contributed by atoms with Crippen molar-refractivity contribution in [2.75, 3.05) is 0 Å². The van der Waals surface area contributed by atoms with Gasteiger partial charge in [-0.05, 0) is 19.8 Å². The standard InChI is InChI=1S/C11H15F3O2/c1-2-8(11(12,13)14)10(9(15)16)6-4-3-5-7-10/h2H,3-7H2,1H3,(H,15,16). The minimum Gasteiger partial charge on any atom is -0.481 e. The summed E-state index contributed by atoms with van der Waals surface area (Å²) in [5.41, 5.74) is -2.61. The molecule has 1 N–H and O–H groups in total. The van der Waals surface area contributed by atoms with E-state index in [-0.39, 0.29) is 12.8 Å². The van der Waals surface area contributed by atoms with Crippen molar-refractivity contribution in [2.45, 2.75) is 45.2 Å². The van der Waals surface area contributed by atoms with Gasteiger partial charge in [0.1, 0.15) is 0 Å². The second-order valence-electron chi connectivity index (χ2n) is 4.15. The van der Waals surface area contributed by atoms with E-state index in [1.54, 1.807) is 0 Å². The number of aliphatic carboxylic acids is 1. The van der Waals surface area contributed by atoms with Gasteiger partial charge in [-0.1, -0.05) is 25.3 Å². The smallest absolute Gasteiger partial charge is 0.413 e. The lowest BCUT2D eigenvalue weighted by atomic mass is 9.68. The zero-order valence-corrected chi connectivity index (χ0v) is 9.10. The number of halogens is 3. The summed E-state index contributed by atoms with van der Waals surface area (Å²) < 4.78 is 38.3. The molecule has 1 fully saturated rings. The summed E-state index contributed by atoms with van der Waals surface area (Å²) in [6.45, 7) is 1.25. The Morgan fingerprint density at radius 1 is 1.25 bits per heavy atom. The molecule has 0 heterocycles. The molecule has 0 saturated heterocycles. The fourth-order valence-electron chi connectivity index (χ4n) is 2.47. The summed E-state index contributed by atoms with van der Waals surface area (Å²) in [4.78, 5) is 11.2. The van der Waals surface area contributed by atoms with E-state index < -0.39 is 23.1 Å². The van der Waals surface area contributed by atoms with E-state index in [2.05, 4.69) is 0 Å². The SMILES string of the molecule is CC=C(C(F)(F)F)C1(C(=O)O)CCCCC1. The molecule has 16 heavy (non-hydrogen) atoms. The third-order valence-electron chi connectivity index (χ3n) is 3.23. The summed E-state index contributed by atoms with van der Waals surface area (Å²) in [5.74, 6) is -1.35. The topological polar surface area (TPSA) is 37.3 Å². The van der Waals surface area contributed by atoms with Crippen molar-refractivity contribution < 1.29 is 23.1 Å². The average Bonchev–Trinajstić information content (AvgIpc) is 2.17. The molecule has 0 aromatic heterocycles. The maximum absolute atomic E-state index is 12.8. The summed E-state index contributed by atoms with van der Waals surface area (Å²) in [7, 11) is 0. The van der Waals surface area contributed by atoms with Gasteiger partial charge < -0.3 is 5.11 Å². The van der Waals surface area contributed by atoms with Crippen molar-refractivity contribution in [1.29, 1.82) is 0 Å². The molecule has 0 spiro atoms. The van der Waals surface area contributed by atoms with Gasteiger partial charge in [0.05, 0.1) is 5.41 Å². The third kappa shape index (κ3) is 2.23. The predicted molar refractivity (Wildman–Crippen MR) is 53.0 cm³/mol. The first-order valence-corrected chi connectivity index (χ1v) is 5.32. The molecule has 0 atom stereocenters. The van der Waals surface area contributed by atoms with E-state index >= 15 is 0 Å². The van der Waals surface area contributed by atoms with Crippen molar-refractivity contribution in [3.63, 3.8) is 0 Å². The van der Waals surface area contributed by atoms with Crippen LogP contribution in [0.3, 0.4) is 0 Å². The van der Waals surface area contributed by atoms with E-state index in [9.17, 15) is 18.0 Å². The Morgan fingerprint density at radius 3 is 2.06 bits per heavy atom. The number of carboxylic acids is 1. The Morgan fingerprint density at radius 2 is 1.75 bits per heavy atom. The molecule has 1 saturated carbocycles. The Kier molecular flexibility index (Phi) is 3.65. The summed E-state index contributed by atoms with van der Waals surface area (Å²) in [5, 5.41) is 9.11. The molecule has 5 heteroatoms. The normalized spacial score (nSPS) is 21.9. The van der Waals surface area contributed by atoms with E-state index in [4.69, 9.17) is 5.11 Å². The molecule has 1 aliphatic rings. The van der Waals surface area contributed by atoms with Crippen LogP contribution in [0.15, 0.2) is 11.6 Å². The molecule has 0 aromatic carbocycles. The molecule has 0 bridgehead atoms. The zero-order chi connectivity index (χ0) is 12.4. The second-order valence-corrected chi connectivity index (χ2v) is 4.15. The Balaban J connectivity index is 3.15. The van der Waals surface area contributed by atoms with Crippen LogP contribution in [0.1, 0.15) is 39.0 Å². The van der Waals surface area contributed by atoms with Gasteiger partial charge in [0, 0.05) is 5.57 Å². The number of allylic oxidation sites excluding steroid dienone is 1. The van der Waals surface area contributed by atoms with Crippen LogP contribution in [-0.4, -0.2) is 17.3 Å². The van der Waals surface area contributed by atoms with Crippen LogP contribution in [0, 0.1) is 5.41 Å². The van der Waals surface area contributed by atoms with Gasteiger partial charge in [-0.15, -0.1) is 0 Å². The van der Waals surface area contributed by atoms with Crippen LogP contribution in [0.2, 0.25) is 0 Å². The Bertz CT molecular complexity index is 299. The monoisotopic (exact) mass is 236 g/mol. The van der Waals surface area contributed by atoms with Crippen LogP contribution in [-0.2, 0) is 4.79 Å². The summed E-state index contributed by atoms with van der Waals surface area (Å²) in [6.07, 6.45) is -1.59. The predicted octanol–water partition coefficient (Wildman–Crippen LogP) is 3.53. The lowest BCUT2D eigenvalue weighted by Gasteiger charge is -2.36. The van der Waals surface area contributed by atoms with Gasteiger partial charge in [-0.2, -0.15) is 13.2 Å². The van der Waals surface area contributed by atoms with Crippen molar-refractivity contribution in [1.82, 2.24) is 0 Å². The molecule has 0 unspecified atom stereocenters. The molecule has 0 aromatic rings. The minimum atomic E-state index is -4.55. The molecule has 0 amide bonds. The minimum absolute atomic E-state index is 0.0848. The number of carbonyl (C=O) groups is 1. The van der Waals surface area contributed by atoms with Crippen LogP contribution in [0.4, 0.5) is 13.2 Å². The van der Waals surface area contributed by atoms with Crippen molar-refractivity contribution in [3.05, 3.63) is 11.6 Å². The van der Waals surface area contributed by atoms with Gasteiger partial charge in [0.25, 0.3) is 0 Å². The second kappa shape index (κ2) is 4.47. The van der Waals surface area contributed by atoms with Crippen molar-refractivity contribution >= 4 is 5.97 Å². The van der Waals surface area contributed by atoms with Crippen LogP contribution in [0.25, 0.3) is 0 Å². The molecule has 0 radical (unpaired) electrons. The Hall–Kier alpha value is -1.00. The zero-order valence-electron chi connectivity index (χ0n) is 9.10. The highest BCUT2D eigenvalue weighted by molar-refractivity contribution is 5.79. The average molecular weight is 236 g/mol. The number of rotatable bonds is 2. The van der Waals surface area contributed by atoms with E-state index in [0.29, 0.717) is 12.8 Å². The largest absolute Gasteiger partial charge is 0.481 e. The van der Waals surface area contributed by atoms with Crippen LogP contribution < -0.4 is 0 Å². The number of alkyl halides is 3. The van der Waals surface area contributed by atoms with E-state index in [1.807, 2.05) is 0 Å². The molecule has 0 aliphatic heterocycles.